The van der Waals surface area contributed by atoms with Gasteiger partial charge in [0.2, 0.25) is 12.0 Å². The first-order valence-corrected chi connectivity index (χ1v) is 8.90. The molecule has 1 aromatic heterocycles. The number of nitrogens with zero attached hydrogens (tertiary/aromatic N) is 1. The highest BCUT2D eigenvalue weighted by molar-refractivity contribution is 8.06. The summed E-state index contributed by atoms with van der Waals surface area (Å²) >= 11 is 4.23. The van der Waals surface area contributed by atoms with Gasteiger partial charge in [-0.25, -0.2) is 9.18 Å². The Labute approximate surface area is 138 Å². The molecule has 2 rings (SSSR count). The number of halogens is 1. The number of aromatic nitrogens is 2. The fourth-order valence-corrected chi connectivity index (χ4v) is 3.11. The van der Waals surface area contributed by atoms with Crippen LogP contribution in [0.4, 0.5) is 4.39 Å². The van der Waals surface area contributed by atoms with E-state index in [9.17, 15) is 34.0 Å². The van der Waals surface area contributed by atoms with E-state index >= 15 is 0 Å². The van der Waals surface area contributed by atoms with Crippen molar-refractivity contribution in [1.82, 2.24) is 9.55 Å². The zero-order valence-electron chi connectivity index (χ0n) is 12.0. The van der Waals surface area contributed by atoms with Gasteiger partial charge in [0.05, 0.1) is 0 Å². The van der Waals surface area contributed by atoms with Crippen LogP contribution in [0.5, 0.6) is 0 Å². The zero-order valence-corrected chi connectivity index (χ0v) is 13.7. The number of H-pyrrole nitrogens is 1. The molecule has 1 aromatic rings. The van der Waals surface area contributed by atoms with E-state index in [1.165, 1.54) is 0 Å². The van der Waals surface area contributed by atoms with Crippen molar-refractivity contribution in [3.8, 4) is 0 Å². The third-order valence-corrected chi connectivity index (χ3v) is 4.08. The van der Waals surface area contributed by atoms with Gasteiger partial charge in [-0.3, -0.25) is 18.9 Å². The molecule has 0 bridgehead atoms. The summed E-state index contributed by atoms with van der Waals surface area (Å²) in [7, 11) is 0.957. The zero-order chi connectivity index (χ0) is 18.3. The van der Waals surface area contributed by atoms with Gasteiger partial charge < -0.3 is 29.5 Å². The minimum atomic E-state index is -4.52. The van der Waals surface area contributed by atoms with Gasteiger partial charge >= 0.3 is 12.4 Å². The van der Waals surface area contributed by atoms with Gasteiger partial charge in [0.1, 0.15) is 6.61 Å². The summed E-state index contributed by atoms with van der Waals surface area (Å²) in [5, 5.41) is 19.6. The van der Waals surface area contributed by atoms with Crippen LogP contribution in [0.3, 0.4) is 0 Å². The van der Waals surface area contributed by atoms with E-state index in [1.807, 2.05) is 4.98 Å². The van der Waals surface area contributed by atoms with Crippen molar-refractivity contribution in [2.75, 3.05) is 13.7 Å². The highest BCUT2D eigenvalue weighted by Crippen LogP contribution is 2.52. The molecular formula is C10H14FN2O9PS. The molecule has 0 amide bonds. The lowest BCUT2D eigenvalue weighted by molar-refractivity contribution is -0.266. The van der Waals surface area contributed by atoms with Gasteiger partial charge in [0, 0.05) is 19.4 Å². The molecule has 1 fully saturated rings. The molecule has 5 N–H and O–H groups in total. The number of hydrogen-bond donors (Lipinski definition) is 5. The second-order valence-corrected chi connectivity index (χ2v) is 7.48. The summed E-state index contributed by atoms with van der Waals surface area (Å²) in [5.41, 5.74) is -1.93. The minimum absolute atomic E-state index is 0.465. The van der Waals surface area contributed by atoms with E-state index in [4.69, 9.17) is 9.47 Å². The normalized spacial score (nSPS) is 33.8. The summed E-state index contributed by atoms with van der Waals surface area (Å²) in [6.45, 7) is -5.61. The van der Waals surface area contributed by atoms with E-state index in [-0.39, 0.29) is 0 Å². The molecule has 24 heavy (non-hydrogen) atoms. The van der Waals surface area contributed by atoms with Gasteiger partial charge in [-0.15, -0.1) is 0 Å². The van der Waals surface area contributed by atoms with Crippen LogP contribution in [0.15, 0.2) is 21.9 Å². The molecule has 4 atom stereocenters. The molecule has 0 unspecified atom stereocenters. The van der Waals surface area contributed by atoms with Crippen molar-refractivity contribution in [2.45, 2.75) is 24.0 Å². The van der Waals surface area contributed by atoms with Crippen molar-refractivity contribution in [1.29, 1.82) is 0 Å². The van der Waals surface area contributed by atoms with Crippen molar-refractivity contribution in [2.24, 2.45) is 0 Å². The Kier molecular flexibility index (Phi) is 5.12. The van der Waals surface area contributed by atoms with E-state index in [0.717, 1.165) is 19.4 Å². The Morgan fingerprint density at radius 3 is 2.62 bits per heavy atom. The molecule has 2 heterocycles. The predicted molar refractivity (Wildman–Crippen MR) is 77.9 cm³/mol. The highest BCUT2D eigenvalue weighted by Gasteiger charge is 2.68. The van der Waals surface area contributed by atoms with Gasteiger partial charge in [-0.05, 0) is 11.8 Å². The molecule has 11 nitrogen and oxygen atoms in total. The maximum absolute atomic E-state index is 14.9. The Morgan fingerprint density at radius 2 is 2.17 bits per heavy atom. The topological polar surface area (TPSA) is 163 Å². The summed E-state index contributed by atoms with van der Waals surface area (Å²) in [6, 6.07) is 0.852. The monoisotopic (exact) mass is 388 g/mol. The van der Waals surface area contributed by atoms with Gasteiger partial charge in [-0.2, -0.15) is 0 Å². The number of ether oxygens (including phenoxy) is 2. The van der Waals surface area contributed by atoms with Crippen molar-refractivity contribution < 1.29 is 38.4 Å². The number of hydrogen-bond acceptors (Lipinski definition) is 8. The molecule has 14 heteroatoms. The minimum Gasteiger partial charge on any atom is -0.391 e. The molecule has 1 saturated heterocycles. The summed E-state index contributed by atoms with van der Waals surface area (Å²) in [4.78, 5) is 43.2. The predicted octanol–water partition coefficient (Wildman–Crippen LogP) is -2.35. The molecule has 1 aliphatic heterocycles. The third kappa shape index (κ3) is 3.35. The number of aliphatic hydroxyl groups excluding tert-OH is 1. The van der Waals surface area contributed by atoms with E-state index < -0.39 is 48.5 Å². The number of nitrogens with one attached hydrogen (secondary N) is 1. The summed E-state index contributed by atoms with van der Waals surface area (Å²) < 4.78 is 29.8. The molecule has 0 aromatic carbocycles. The lowest BCUT2D eigenvalue weighted by Gasteiger charge is -2.32. The average molecular weight is 388 g/mol. The Hall–Kier alpha value is -1.02. The van der Waals surface area contributed by atoms with E-state index in [0.29, 0.717) is 4.57 Å². The molecule has 0 spiro atoms. The maximum atomic E-state index is 14.9. The van der Waals surface area contributed by atoms with Crippen LogP contribution in [0.25, 0.3) is 0 Å². The van der Waals surface area contributed by atoms with Crippen molar-refractivity contribution in [3.63, 3.8) is 0 Å². The van der Waals surface area contributed by atoms with E-state index in [2.05, 4.69) is 16.3 Å². The quantitative estimate of drug-likeness (QED) is 0.345. The van der Waals surface area contributed by atoms with Gasteiger partial charge in [0.25, 0.3) is 11.4 Å². The van der Waals surface area contributed by atoms with Crippen LogP contribution in [0.1, 0.15) is 6.23 Å². The van der Waals surface area contributed by atoms with Gasteiger partial charge in [0.15, 0.2) is 6.10 Å². The number of methoxy groups -OCH3 is 1. The maximum Gasteiger partial charge on any atom is 0.330 e. The summed E-state index contributed by atoms with van der Waals surface area (Å²) in [6.07, 6.45) is -3.64. The number of aliphatic hydroxyl groups is 2. The SMILES string of the molecule is CO[C@]1(CO)O[C@@H](n2ccc(=O)[nH]c2=O)[C@@](O)(F)[C@@H]1OP(O)(O)=S. The Bertz CT molecular complexity index is 770. The number of aromatic amines is 1. The van der Waals surface area contributed by atoms with Crippen LogP contribution < -0.4 is 11.2 Å². The second-order valence-electron chi connectivity index (χ2n) is 4.87. The standard InChI is InChI=1S/C10H14FN2O9PS/c1-20-9(4-14)6(22-23(18,19)24)10(11,17)7(21-9)13-3-2-5(15)12-8(13)16/h2-3,6-7,14,17H,4H2,1H3,(H,12,15,16)(H2,18,19,24)/t6-,7-,9-,10-/m1/s1. The Morgan fingerprint density at radius 1 is 1.54 bits per heavy atom. The number of alkyl halides is 1. The largest absolute Gasteiger partial charge is 0.391 e. The fourth-order valence-electron chi connectivity index (χ4n) is 2.27. The highest BCUT2D eigenvalue weighted by atomic mass is 32.5. The average Bonchev–Trinajstić information content (AvgIpc) is 2.67. The first kappa shape index (κ1) is 19.3. The Balaban J connectivity index is 2.58. The molecule has 1 aliphatic rings. The molecular weight excluding hydrogens is 374 g/mol. The van der Waals surface area contributed by atoms with Crippen molar-refractivity contribution in [3.05, 3.63) is 33.1 Å². The van der Waals surface area contributed by atoms with Crippen LogP contribution >= 0.6 is 6.72 Å². The van der Waals surface area contributed by atoms with Crippen LogP contribution in [-0.4, -0.2) is 61.0 Å². The van der Waals surface area contributed by atoms with E-state index in [1.54, 1.807) is 0 Å². The first-order valence-electron chi connectivity index (χ1n) is 6.27. The summed E-state index contributed by atoms with van der Waals surface area (Å²) in [5.74, 6) is -5.99. The van der Waals surface area contributed by atoms with Gasteiger partial charge in [-0.1, -0.05) is 0 Å². The smallest absolute Gasteiger partial charge is 0.330 e. The van der Waals surface area contributed by atoms with Crippen LogP contribution in [0.2, 0.25) is 0 Å². The molecule has 136 valence electrons. The molecule has 0 aliphatic carbocycles. The molecule has 0 radical (unpaired) electrons. The fraction of sp³-hybridized carbons (Fsp3) is 0.600. The van der Waals surface area contributed by atoms with Crippen LogP contribution in [0, 0.1) is 0 Å². The van der Waals surface area contributed by atoms with Crippen molar-refractivity contribution >= 4 is 18.5 Å². The lowest BCUT2D eigenvalue weighted by Crippen LogP contribution is -2.53. The first-order chi connectivity index (χ1) is 11.0. The second kappa shape index (κ2) is 6.37. The number of rotatable bonds is 5. The molecule has 0 saturated carbocycles. The third-order valence-electron chi connectivity index (χ3n) is 3.34. The van der Waals surface area contributed by atoms with Crippen LogP contribution in [-0.2, 0) is 25.8 Å². The lowest BCUT2D eigenvalue weighted by atomic mass is 10.1.